The molecule has 0 unspecified atom stereocenters. The Balaban J connectivity index is 1.26. The van der Waals surface area contributed by atoms with Crippen LogP contribution < -0.4 is 5.56 Å². The van der Waals surface area contributed by atoms with Gasteiger partial charge in [0.2, 0.25) is 0 Å². The Hall–Kier alpha value is -2.97. The van der Waals surface area contributed by atoms with E-state index in [0.29, 0.717) is 19.6 Å². The van der Waals surface area contributed by atoms with Crippen molar-refractivity contribution in [1.82, 2.24) is 24.2 Å². The van der Waals surface area contributed by atoms with E-state index in [-0.39, 0.29) is 11.5 Å². The van der Waals surface area contributed by atoms with Gasteiger partial charge in [-0.1, -0.05) is 0 Å². The summed E-state index contributed by atoms with van der Waals surface area (Å²) >= 11 is 1.46. The molecular formula is C22H23N5O2S. The molecule has 1 saturated heterocycles. The van der Waals surface area contributed by atoms with Gasteiger partial charge in [0.15, 0.2) is 4.96 Å². The summed E-state index contributed by atoms with van der Waals surface area (Å²) in [5.74, 6) is 0.0752. The summed E-state index contributed by atoms with van der Waals surface area (Å²) < 4.78 is 1.56. The second-order valence-corrected chi connectivity index (χ2v) is 8.72. The van der Waals surface area contributed by atoms with E-state index < -0.39 is 0 Å². The minimum atomic E-state index is -0.0456. The molecule has 7 nitrogen and oxygen atoms in total. The van der Waals surface area contributed by atoms with E-state index in [1.54, 1.807) is 16.7 Å². The van der Waals surface area contributed by atoms with E-state index in [1.807, 2.05) is 28.5 Å². The van der Waals surface area contributed by atoms with Crippen LogP contribution in [0.25, 0.3) is 15.9 Å². The second-order valence-electron chi connectivity index (χ2n) is 7.85. The standard InChI is InChI=1S/C22H23N5O2S/c1-14-15(2)23-19-4-3-16(11-18(14)19)21(29)26-7-5-25(6-8-26)13-17-12-20(28)27-9-10-30-22(27)24-17/h3-4,9-12,23H,5-8,13H2,1-2H3. The Morgan fingerprint density at radius 1 is 1.17 bits per heavy atom. The fraction of sp³-hybridized carbons (Fsp3) is 0.318. The van der Waals surface area contributed by atoms with Crippen LogP contribution >= 0.6 is 11.3 Å². The maximum Gasteiger partial charge on any atom is 0.258 e. The molecule has 30 heavy (non-hydrogen) atoms. The molecule has 1 N–H and O–H groups in total. The van der Waals surface area contributed by atoms with E-state index in [1.165, 1.54) is 16.9 Å². The fourth-order valence-electron chi connectivity index (χ4n) is 4.08. The maximum absolute atomic E-state index is 13.0. The molecule has 1 fully saturated rings. The lowest BCUT2D eigenvalue weighted by molar-refractivity contribution is 0.0627. The van der Waals surface area contributed by atoms with E-state index >= 15 is 0 Å². The zero-order chi connectivity index (χ0) is 20.8. The Bertz CT molecular complexity index is 1310. The summed E-state index contributed by atoms with van der Waals surface area (Å²) in [6.07, 6.45) is 1.75. The quantitative estimate of drug-likeness (QED) is 0.552. The summed E-state index contributed by atoms with van der Waals surface area (Å²) in [4.78, 5) is 38.0. The van der Waals surface area contributed by atoms with E-state index in [0.717, 1.165) is 45.9 Å². The normalized spacial score (nSPS) is 15.3. The average Bonchev–Trinajstić information content (AvgIpc) is 3.33. The van der Waals surface area contributed by atoms with Gasteiger partial charge in [0.05, 0.1) is 5.69 Å². The minimum absolute atomic E-state index is 0.0456. The molecule has 0 spiro atoms. The second kappa shape index (κ2) is 7.37. The Morgan fingerprint density at radius 2 is 1.97 bits per heavy atom. The van der Waals surface area contributed by atoms with Crippen molar-refractivity contribution >= 4 is 33.1 Å². The molecule has 1 aromatic carbocycles. The summed E-state index contributed by atoms with van der Waals surface area (Å²) in [6.45, 7) is 7.62. The van der Waals surface area contributed by atoms with E-state index in [4.69, 9.17) is 0 Å². The first-order valence-corrected chi connectivity index (χ1v) is 10.9. The Morgan fingerprint density at radius 3 is 2.77 bits per heavy atom. The van der Waals surface area contributed by atoms with Gasteiger partial charge in [-0.25, -0.2) is 4.98 Å². The third-order valence-corrected chi connectivity index (χ3v) is 6.71. The van der Waals surface area contributed by atoms with Crippen molar-refractivity contribution in [3.05, 3.63) is 68.7 Å². The number of fused-ring (bicyclic) bond motifs is 2. The van der Waals surface area contributed by atoms with Crippen LogP contribution in [0.4, 0.5) is 0 Å². The molecular weight excluding hydrogens is 398 g/mol. The molecule has 3 aromatic heterocycles. The Labute approximate surface area is 177 Å². The van der Waals surface area contributed by atoms with Crippen molar-refractivity contribution in [1.29, 1.82) is 0 Å². The van der Waals surface area contributed by atoms with Gasteiger partial charge in [-0.05, 0) is 37.6 Å². The molecule has 8 heteroatoms. The smallest absolute Gasteiger partial charge is 0.258 e. The molecule has 0 radical (unpaired) electrons. The first kappa shape index (κ1) is 19.0. The van der Waals surface area contributed by atoms with Crippen LogP contribution in [0.15, 0.2) is 40.6 Å². The first-order chi connectivity index (χ1) is 14.5. The number of H-pyrrole nitrogens is 1. The van der Waals surface area contributed by atoms with Crippen molar-refractivity contribution in [3.63, 3.8) is 0 Å². The third kappa shape index (κ3) is 3.32. The number of carbonyl (C=O) groups excluding carboxylic acids is 1. The zero-order valence-corrected chi connectivity index (χ0v) is 17.8. The molecule has 154 valence electrons. The molecule has 0 saturated carbocycles. The summed E-state index contributed by atoms with van der Waals surface area (Å²) in [5.41, 5.74) is 4.86. The first-order valence-electron chi connectivity index (χ1n) is 10.1. The number of nitrogens with zero attached hydrogens (tertiary/aromatic N) is 4. The lowest BCUT2D eigenvalue weighted by atomic mass is 10.1. The van der Waals surface area contributed by atoms with Gasteiger partial charge in [-0.3, -0.25) is 18.9 Å². The number of hydrogen-bond acceptors (Lipinski definition) is 5. The Kier molecular flexibility index (Phi) is 4.67. The topological polar surface area (TPSA) is 73.7 Å². The van der Waals surface area contributed by atoms with Gasteiger partial charge in [0.1, 0.15) is 0 Å². The number of carbonyl (C=O) groups is 1. The third-order valence-electron chi connectivity index (χ3n) is 5.96. The van der Waals surface area contributed by atoms with E-state index in [9.17, 15) is 9.59 Å². The average molecular weight is 422 g/mol. The van der Waals surface area contributed by atoms with Crippen molar-refractivity contribution in [3.8, 4) is 0 Å². The van der Waals surface area contributed by atoms with Gasteiger partial charge < -0.3 is 9.88 Å². The highest BCUT2D eigenvalue weighted by Crippen LogP contribution is 2.23. The highest BCUT2D eigenvalue weighted by Gasteiger charge is 2.23. The number of piperazine rings is 1. The van der Waals surface area contributed by atoms with Gasteiger partial charge in [0, 0.05) is 72.5 Å². The molecule has 1 amide bonds. The van der Waals surface area contributed by atoms with Gasteiger partial charge in [0.25, 0.3) is 11.5 Å². The van der Waals surface area contributed by atoms with Crippen molar-refractivity contribution in [2.45, 2.75) is 20.4 Å². The molecule has 1 aliphatic heterocycles. The molecule has 4 heterocycles. The number of hydrogen-bond donors (Lipinski definition) is 1. The lowest BCUT2D eigenvalue weighted by Crippen LogP contribution is -2.48. The van der Waals surface area contributed by atoms with Crippen LogP contribution in [0, 0.1) is 13.8 Å². The number of aromatic amines is 1. The lowest BCUT2D eigenvalue weighted by Gasteiger charge is -2.34. The van der Waals surface area contributed by atoms with Crippen molar-refractivity contribution in [2.75, 3.05) is 26.2 Å². The largest absolute Gasteiger partial charge is 0.358 e. The molecule has 5 rings (SSSR count). The predicted molar refractivity (Wildman–Crippen MR) is 118 cm³/mol. The SMILES string of the molecule is Cc1[nH]c2ccc(C(=O)N3CCN(Cc4cc(=O)n5ccsc5n4)CC3)cc2c1C. The number of rotatable bonds is 3. The molecule has 4 aromatic rings. The minimum Gasteiger partial charge on any atom is -0.358 e. The number of thiazole rings is 1. The maximum atomic E-state index is 13.0. The molecule has 0 bridgehead atoms. The van der Waals surface area contributed by atoms with Gasteiger partial charge in [-0.15, -0.1) is 11.3 Å². The van der Waals surface area contributed by atoms with Crippen LogP contribution in [0.3, 0.4) is 0 Å². The highest BCUT2D eigenvalue weighted by atomic mass is 32.1. The van der Waals surface area contributed by atoms with Crippen molar-refractivity contribution < 1.29 is 4.79 Å². The van der Waals surface area contributed by atoms with Crippen LogP contribution in [0.5, 0.6) is 0 Å². The number of nitrogens with one attached hydrogen (secondary N) is 1. The van der Waals surface area contributed by atoms with Crippen LogP contribution in [-0.2, 0) is 6.54 Å². The van der Waals surface area contributed by atoms with Crippen LogP contribution in [0.2, 0.25) is 0 Å². The fourth-order valence-corrected chi connectivity index (χ4v) is 4.82. The number of aromatic nitrogens is 3. The molecule has 0 atom stereocenters. The summed E-state index contributed by atoms with van der Waals surface area (Å²) in [7, 11) is 0. The molecule has 0 aliphatic carbocycles. The monoisotopic (exact) mass is 421 g/mol. The van der Waals surface area contributed by atoms with E-state index in [2.05, 4.69) is 28.7 Å². The van der Waals surface area contributed by atoms with Gasteiger partial charge in [-0.2, -0.15) is 0 Å². The van der Waals surface area contributed by atoms with Gasteiger partial charge >= 0.3 is 0 Å². The highest BCUT2D eigenvalue weighted by molar-refractivity contribution is 7.15. The number of amides is 1. The number of aryl methyl sites for hydroxylation is 2. The molecule has 1 aliphatic rings. The summed E-state index contributed by atoms with van der Waals surface area (Å²) in [6, 6.07) is 7.49. The zero-order valence-electron chi connectivity index (χ0n) is 17.0. The summed E-state index contributed by atoms with van der Waals surface area (Å²) in [5, 5.41) is 2.98. The van der Waals surface area contributed by atoms with Crippen molar-refractivity contribution in [2.24, 2.45) is 0 Å². The predicted octanol–water partition coefficient (Wildman–Crippen LogP) is 2.81. The number of benzene rings is 1. The van der Waals surface area contributed by atoms with Crippen LogP contribution in [-0.4, -0.2) is 56.3 Å². The van der Waals surface area contributed by atoms with Crippen LogP contribution in [0.1, 0.15) is 27.3 Å².